The summed E-state index contributed by atoms with van der Waals surface area (Å²) >= 11 is 0. The van der Waals surface area contributed by atoms with Crippen LogP contribution in [0.2, 0.25) is 0 Å². The van der Waals surface area contributed by atoms with Gasteiger partial charge in [0.05, 0.1) is 17.4 Å². The number of ether oxygens (including phenoxy) is 1. The zero-order valence-electron chi connectivity index (χ0n) is 13.0. The first-order valence-corrected chi connectivity index (χ1v) is 6.98. The van der Waals surface area contributed by atoms with Crippen molar-refractivity contribution in [1.82, 2.24) is 0 Å². The molecular weight excluding hydrogens is 274 g/mol. The van der Waals surface area contributed by atoms with Crippen LogP contribution in [0.3, 0.4) is 0 Å². The molecule has 21 heavy (non-hydrogen) atoms. The van der Waals surface area contributed by atoms with Gasteiger partial charge in [-0.3, -0.25) is 5.48 Å². The highest BCUT2D eigenvalue weighted by atomic mass is 16.7. The van der Waals surface area contributed by atoms with Gasteiger partial charge in [0.25, 0.3) is 0 Å². The van der Waals surface area contributed by atoms with Crippen molar-refractivity contribution in [2.45, 2.75) is 46.6 Å². The molecule has 0 aliphatic carbocycles. The van der Waals surface area contributed by atoms with E-state index < -0.39 is 12.8 Å². The smallest absolute Gasteiger partial charge is 0.335 e. The van der Waals surface area contributed by atoms with Gasteiger partial charge in [0.1, 0.15) is 5.75 Å². The molecule has 0 bridgehead atoms. The zero-order chi connectivity index (χ0) is 16.3. The van der Waals surface area contributed by atoms with Crippen LogP contribution in [0.4, 0.5) is 5.69 Å². The minimum Gasteiger partial charge on any atom is -0.491 e. The van der Waals surface area contributed by atoms with E-state index in [1.807, 2.05) is 13.8 Å². The SMILES string of the molecule is CC(C)Oc1cc(NOCO)cc(C(=O)O)c1.CCCC. The summed E-state index contributed by atoms with van der Waals surface area (Å²) in [6.45, 7) is 7.52. The lowest BCUT2D eigenvalue weighted by Gasteiger charge is -2.12. The summed E-state index contributed by atoms with van der Waals surface area (Å²) in [6.07, 6.45) is 2.57. The van der Waals surface area contributed by atoms with Crippen LogP contribution in [-0.2, 0) is 4.84 Å². The Morgan fingerprint density at radius 1 is 1.24 bits per heavy atom. The number of nitrogens with one attached hydrogen (secondary N) is 1. The predicted molar refractivity (Wildman–Crippen MR) is 81.5 cm³/mol. The Morgan fingerprint density at radius 2 is 1.86 bits per heavy atom. The maximum Gasteiger partial charge on any atom is 0.335 e. The maximum absolute atomic E-state index is 10.9. The normalized spacial score (nSPS) is 9.81. The number of rotatable bonds is 7. The average Bonchev–Trinajstić information content (AvgIpc) is 2.44. The monoisotopic (exact) mass is 299 g/mol. The van der Waals surface area contributed by atoms with Crippen LogP contribution >= 0.6 is 0 Å². The van der Waals surface area contributed by atoms with Crippen LogP contribution in [-0.4, -0.2) is 29.1 Å². The van der Waals surface area contributed by atoms with E-state index in [9.17, 15) is 4.79 Å². The third kappa shape index (κ3) is 8.88. The lowest BCUT2D eigenvalue weighted by Crippen LogP contribution is -2.08. The minimum atomic E-state index is -1.06. The second-order valence-corrected chi connectivity index (χ2v) is 4.59. The number of benzene rings is 1. The topological polar surface area (TPSA) is 88.0 Å². The van der Waals surface area contributed by atoms with Gasteiger partial charge in [-0.2, -0.15) is 0 Å². The van der Waals surface area contributed by atoms with Gasteiger partial charge in [0, 0.05) is 6.07 Å². The van der Waals surface area contributed by atoms with Crippen LogP contribution in [0.25, 0.3) is 0 Å². The standard InChI is InChI=1S/C11H15NO5.C4H10/c1-7(2)17-10-4-8(11(14)15)3-9(5-10)12-16-6-13;1-3-4-2/h3-5,7,12-13H,6H2,1-2H3,(H,14,15);3-4H2,1-2H3. The number of carbonyl (C=O) groups is 1. The molecule has 0 saturated carbocycles. The van der Waals surface area contributed by atoms with Gasteiger partial charge in [-0.1, -0.05) is 26.7 Å². The van der Waals surface area contributed by atoms with Crippen molar-refractivity contribution in [3.8, 4) is 5.75 Å². The molecule has 6 heteroatoms. The quantitative estimate of drug-likeness (QED) is 0.529. The molecule has 0 aromatic heterocycles. The molecule has 1 rings (SSSR count). The van der Waals surface area contributed by atoms with Crippen molar-refractivity contribution in [2.24, 2.45) is 0 Å². The van der Waals surface area contributed by atoms with E-state index in [-0.39, 0.29) is 11.7 Å². The van der Waals surface area contributed by atoms with Gasteiger partial charge in [-0.05, 0) is 26.0 Å². The number of aliphatic hydroxyl groups is 1. The van der Waals surface area contributed by atoms with Crippen LogP contribution < -0.4 is 10.2 Å². The molecule has 0 unspecified atom stereocenters. The summed E-state index contributed by atoms with van der Waals surface area (Å²) in [7, 11) is 0. The predicted octanol–water partition coefficient (Wildman–Crippen LogP) is 3.27. The lowest BCUT2D eigenvalue weighted by molar-refractivity contribution is 0.0308. The molecule has 0 radical (unpaired) electrons. The Balaban J connectivity index is 0.000000885. The number of anilines is 1. The summed E-state index contributed by atoms with van der Waals surface area (Å²) in [5.41, 5.74) is 2.88. The minimum absolute atomic E-state index is 0.0642. The number of hydrogen-bond donors (Lipinski definition) is 3. The number of hydrogen-bond acceptors (Lipinski definition) is 5. The Bertz CT molecular complexity index is 419. The molecule has 3 N–H and O–H groups in total. The maximum atomic E-state index is 10.9. The number of carboxylic acids is 1. The fourth-order valence-electron chi connectivity index (χ4n) is 1.24. The first-order valence-electron chi connectivity index (χ1n) is 6.98. The van der Waals surface area contributed by atoms with E-state index in [0.717, 1.165) is 0 Å². The highest BCUT2D eigenvalue weighted by Gasteiger charge is 2.09. The molecule has 0 fully saturated rings. The highest BCUT2D eigenvalue weighted by Crippen LogP contribution is 2.22. The van der Waals surface area contributed by atoms with Crippen molar-refractivity contribution in [3.63, 3.8) is 0 Å². The molecule has 0 saturated heterocycles. The Labute approximate surface area is 125 Å². The lowest BCUT2D eigenvalue weighted by atomic mass is 10.2. The van der Waals surface area contributed by atoms with Crippen LogP contribution in [0.5, 0.6) is 5.75 Å². The van der Waals surface area contributed by atoms with E-state index in [4.69, 9.17) is 14.9 Å². The molecule has 1 aromatic carbocycles. The number of aliphatic hydroxyl groups excluding tert-OH is 1. The van der Waals surface area contributed by atoms with Crippen molar-refractivity contribution in [2.75, 3.05) is 12.3 Å². The highest BCUT2D eigenvalue weighted by molar-refractivity contribution is 5.89. The van der Waals surface area contributed by atoms with Crippen LogP contribution in [0, 0.1) is 0 Å². The molecule has 0 spiro atoms. The molecular formula is C15H25NO5. The molecule has 1 aromatic rings. The first kappa shape index (κ1) is 19.2. The summed E-state index contributed by atoms with van der Waals surface area (Å²) in [5, 5.41) is 17.4. The fraction of sp³-hybridized carbons (Fsp3) is 0.533. The molecule has 0 aliphatic heterocycles. The summed E-state index contributed by atoms with van der Waals surface area (Å²) in [4.78, 5) is 15.5. The van der Waals surface area contributed by atoms with E-state index in [0.29, 0.717) is 11.4 Å². The number of aromatic carboxylic acids is 1. The van der Waals surface area contributed by atoms with Gasteiger partial charge in [0.15, 0.2) is 6.79 Å². The Morgan fingerprint density at radius 3 is 2.29 bits per heavy atom. The van der Waals surface area contributed by atoms with Crippen molar-refractivity contribution < 1.29 is 24.6 Å². The van der Waals surface area contributed by atoms with Crippen molar-refractivity contribution >= 4 is 11.7 Å². The van der Waals surface area contributed by atoms with E-state index in [1.165, 1.54) is 25.0 Å². The zero-order valence-corrected chi connectivity index (χ0v) is 13.0. The van der Waals surface area contributed by atoms with Gasteiger partial charge in [-0.15, -0.1) is 0 Å². The molecule has 0 heterocycles. The molecule has 0 atom stereocenters. The summed E-state index contributed by atoms with van der Waals surface area (Å²) < 4.78 is 5.40. The van der Waals surface area contributed by atoms with Crippen molar-refractivity contribution in [3.05, 3.63) is 23.8 Å². The van der Waals surface area contributed by atoms with Gasteiger partial charge in [-0.25, -0.2) is 9.63 Å². The molecule has 120 valence electrons. The van der Waals surface area contributed by atoms with Crippen LogP contribution in [0.1, 0.15) is 50.9 Å². The van der Waals surface area contributed by atoms with Gasteiger partial charge < -0.3 is 14.9 Å². The van der Waals surface area contributed by atoms with Crippen LogP contribution in [0.15, 0.2) is 18.2 Å². The van der Waals surface area contributed by atoms with E-state index in [1.54, 1.807) is 6.07 Å². The third-order valence-electron chi connectivity index (χ3n) is 2.28. The second-order valence-electron chi connectivity index (χ2n) is 4.59. The summed E-state index contributed by atoms with van der Waals surface area (Å²) in [5.74, 6) is -0.643. The third-order valence-corrected chi connectivity index (χ3v) is 2.28. The van der Waals surface area contributed by atoms with E-state index >= 15 is 0 Å². The van der Waals surface area contributed by atoms with Gasteiger partial charge >= 0.3 is 5.97 Å². The molecule has 0 aliphatic rings. The molecule has 6 nitrogen and oxygen atoms in total. The number of unbranched alkanes of at least 4 members (excludes halogenated alkanes) is 1. The molecule has 0 amide bonds. The average molecular weight is 299 g/mol. The summed E-state index contributed by atoms with van der Waals surface area (Å²) in [6, 6.07) is 4.39. The van der Waals surface area contributed by atoms with E-state index in [2.05, 4.69) is 24.2 Å². The first-order chi connectivity index (χ1) is 9.94. The number of carboxylic acid groups (broad SMARTS) is 1. The van der Waals surface area contributed by atoms with Gasteiger partial charge in [0.2, 0.25) is 0 Å². The van der Waals surface area contributed by atoms with Crippen molar-refractivity contribution in [1.29, 1.82) is 0 Å². The Kier molecular flexibility index (Phi) is 10.0. The largest absolute Gasteiger partial charge is 0.491 e. The fourth-order valence-corrected chi connectivity index (χ4v) is 1.24. The second kappa shape index (κ2) is 10.9. The Hall–Kier alpha value is -1.79.